The van der Waals surface area contributed by atoms with Crippen LogP contribution in [0.3, 0.4) is 0 Å². The van der Waals surface area contributed by atoms with Gasteiger partial charge in [-0.2, -0.15) is 0 Å². The summed E-state index contributed by atoms with van der Waals surface area (Å²) in [7, 11) is 0. The first kappa shape index (κ1) is 14.8. The second-order valence-corrected chi connectivity index (χ2v) is 6.38. The van der Waals surface area contributed by atoms with Crippen LogP contribution < -0.4 is 4.90 Å². The quantitative estimate of drug-likeness (QED) is 0.757. The lowest BCUT2D eigenvalue weighted by molar-refractivity contribution is -0.900. The Balaban J connectivity index is 1.65. The Morgan fingerprint density at radius 1 is 1.26 bits per heavy atom. The molecule has 4 nitrogen and oxygen atoms in total. The number of quaternary nitrogens is 1. The molecule has 1 aliphatic carbocycles. The number of esters is 1. The maximum atomic E-state index is 11.8. The summed E-state index contributed by atoms with van der Waals surface area (Å²) in [6, 6.07) is 0. The van der Waals surface area contributed by atoms with Crippen molar-refractivity contribution in [1.29, 1.82) is 0 Å². The van der Waals surface area contributed by atoms with Gasteiger partial charge in [-0.3, -0.25) is 0 Å². The first-order valence-corrected chi connectivity index (χ1v) is 7.72. The molecule has 0 amide bonds. The first-order valence-electron chi connectivity index (χ1n) is 7.72. The van der Waals surface area contributed by atoms with Crippen LogP contribution in [0.4, 0.5) is 0 Å². The lowest BCUT2D eigenvalue weighted by Gasteiger charge is -2.32. The van der Waals surface area contributed by atoms with Crippen molar-refractivity contribution < 1.29 is 19.2 Å². The van der Waals surface area contributed by atoms with Gasteiger partial charge in [-0.05, 0) is 30.6 Å². The average Bonchev–Trinajstić information content (AvgIpc) is 2.39. The summed E-state index contributed by atoms with van der Waals surface area (Å²) < 4.78 is 10.8. The topological polar surface area (TPSA) is 40.0 Å². The number of hydrogen-bond acceptors (Lipinski definition) is 3. The molecule has 0 unspecified atom stereocenters. The third-order valence-corrected chi connectivity index (χ3v) is 4.66. The lowest BCUT2D eigenvalue weighted by Crippen LogP contribution is -3.15. The molecule has 1 aliphatic heterocycles. The van der Waals surface area contributed by atoms with E-state index < -0.39 is 0 Å². The highest BCUT2D eigenvalue weighted by Gasteiger charge is 2.27. The molecule has 2 rings (SSSR count). The van der Waals surface area contributed by atoms with E-state index in [9.17, 15) is 4.79 Å². The molecule has 0 aromatic rings. The minimum absolute atomic E-state index is 0.0391. The lowest BCUT2D eigenvalue weighted by atomic mass is 9.76. The molecular weight excluding hydrogens is 242 g/mol. The summed E-state index contributed by atoms with van der Waals surface area (Å²) in [6.07, 6.45) is 3.76. The largest absolute Gasteiger partial charge is 0.461 e. The van der Waals surface area contributed by atoms with Gasteiger partial charge in [-0.1, -0.05) is 20.3 Å². The zero-order valence-electron chi connectivity index (χ0n) is 12.3. The van der Waals surface area contributed by atoms with E-state index in [2.05, 4.69) is 13.8 Å². The SMILES string of the molecule is C[C@@H]1CC[C@H](COC(=O)C[NH+]2CCOCC2)[C@H](C)C1. The fourth-order valence-electron chi connectivity index (χ4n) is 3.27. The van der Waals surface area contributed by atoms with Gasteiger partial charge in [0.2, 0.25) is 0 Å². The summed E-state index contributed by atoms with van der Waals surface area (Å²) in [5.41, 5.74) is 0. The Bertz CT molecular complexity index is 289. The van der Waals surface area contributed by atoms with Crippen molar-refractivity contribution in [1.82, 2.24) is 0 Å². The fourth-order valence-corrected chi connectivity index (χ4v) is 3.27. The summed E-state index contributed by atoms with van der Waals surface area (Å²) in [5, 5.41) is 0. The Kier molecular flexibility index (Phi) is 5.64. The zero-order valence-corrected chi connectivity index (χ0v) is 12.3. The van der Waals surface area contributed by atoms with Crippen LogP contribution in [-0.4, -0.2) is 45.4 Å². The number of carbonyl (C=O) groups is 1. The number of morpholine rings is 1. The maximum absolute atomic E-state index is 11.8. The number of hydrogen-bond donors (Lipinski definition) is 1. The molecule has 2 aliphatic rings. The normalized spacial score (nSPS) is 33.1. The van der Waals surface area contributed by atoms with Crippen LogP contribution in [0.25, 0.3) is 0 Å². The Labute approximate surface area is 116 Å². The molecule has 1 saturated heterocycles. The molecule has 2 fully saturated rings. The van der Waals surface area contributed by atoms with E-state index in [-0.39, 0.29) is 5.97 Å². The second kappa shape index (κ2) is 7.25. The van der Waals surface area contributed by atoms with Crippen LogP contribution in [0.1, 0.15) is 33.1 Å². The van der Waals surface area contributed by atoms with E-state index in [0.717, 1.165) is 32.2 Å². The molecule has 3 atom stereocenters. The van der Waals surface area contributed by atoms with Gasteiger partial charge in [0, 0.05) is 0 Å². The highest BCUT2D eigenvalue weighted by atomic mass is 16.5. The predicted octanol–water partition coefficient (Wildman–Crippen LogP) is 0.517. The number of ether oxygens (including phenoxy) is 2. The van der Waals surface area contributed by atoms with Crippen LogP contribution in [0.15, 0.2) is 0 Å². The molecule has 1 saturated carbocycles. The molecule has 19 heavy (non-hydrogen) atoms. The average molecular weight is 270 g/mol. The van der Waals surface area contributed by atoms with Gasteiger partial charge in [-0.25, -0.2) is 4.79 Å². The first-order chi connectivity index (χ1) is 9.15. The van der Waals surface area contributed by atoms with Crippen LogP contribution in [0.5, 0.6) is 0 Å². The Hall–Kier alpha value is -0.610. The summed E-state index contributed by atoms with van der Waals surface area (Å²) in [5.74, 6) is 2.05. The molecule has 0 aromatic heterocycles. The van der Waals surface area contributed by atoms with Crippen LogP contribution >= 0.6 is 0 Å². The summed E-state index contributed by atoms with van der Waals surface area (Å²) in [6.45, 7) is 9.11. The smallest absolute Gasteiger partial charge is 0.361 e. The molecule has 0 bridgehead atoms. The van der Waals surface area contributed by atoms with Gasteiger partial charge in [0.1, 0.15) is 13.1 Å². The van der Waals surface area contributed by atoms with E-state index in [1.165, 1.54) is 24.2 Å². The van der Waals surface area contributed by atoms with Gasteiger partial charge in [0.15, 0.2) is 6.54 Å². The van der Waals surface area contributed by atoms with Crippen LogP contribution in [0, 0.1) is 17.8 Å². The molecule has 110 valence electrons. The standard InChI is InChI=1S/C15H27NO3/c1-12-3-4-14(13(2)9-12)11-19-15(17)10-16-5-7-18-8-6-16/h12-14H,3-11H2,1-2H3/p+1/t12-,13-,14-/m1/s1. The van der Waals surface area contributed by atoms with Crippen molar-refractivity contribution in [3.8, 4) is 0 Å². The monoisotopic (exact) mass is 270 g/mol. The molecule has 0 aromatic carbocycles. The molecule has 1 N–H and O–H groups in total. The fraction of sp³-hybridized carbons (Fsp3) is 0.933. The third-order valence-electron chi connectivity index (χ3n) is 4.66. The maximum Gasteiger partial charge on any atom is 0.361 e. The van der Waals surface area contributed by atoms with E-state index in [4.69, 9.17) is 9.47 Å². The highest BCUT2D eigenvalue weighted by molar-refractivity contribution is 5.70. The van der Waals surface area contributed by atoms with Crippen LogP contribution in [-0.2, 0) is 14.3 Å². The molecule has 0 spiro atoms. The van der Waals surface area contributed by atoms with Gasteiger partial charge in [0.25, 0.3) is 0 Å². The molecule has 4 heteroatoms. The van der Waals surface area contributed by atoms with Crippen molar-refractivity contribution in [3.63, 3.8) is 0 Å². The minimum Gasteiger partial charge on any atom is -0.461 e. The number of rotatable bonds is 4. The van der Waals surface area contributed by atoms with Crippen molar-refractivity contribution in [2.24, 2.45) is 17.8 Å². The Morgan fingerprint density at radius 2 is 2.00 bits per heavy atom. The van der Waals surface area contributed by atoms with Gasteiger partial charge in [-0.15, -0.1) is 0 Å². The van der Waals surface area contributed by atoms with E-state index in [0.29, 0.717) is 25.0 Å². The van der Waals surface area contributed by atoms with Crippen LogP contribution in [0.2, 0.25) is 0 Å². The van der Waals surface area contributed by atoms with E-state index in [1.807, 2.05) is 0 Å². The third kappa shape index (κ3) is 4.77. The van der Waals surface area contributed by atoms with Gasteiger partial charge in [0.05, 0.1) is 19.8 Å². The number of nitrogens with one attached hydrogen (secondary N) is 1. The molecule has 1 heterocycles. The summed E-state index contributed by atoms with van der Waals surface area (Å²) >= 11 is 0. The molecular formula is C15H28NO3+. The van der Waals surface area contributed by atoms with E-state index in [1.54, 1.807) is 0 Å². The van der Waals surface area contributed by atoms with Crippen molar-refractivity contribution in [2.75, 3.05) is 39.5 Å². The highest BCUT2D eigenvalue weighted by Crippen LogP contribution is 2.33. The van der Waals surface area contributed by atoms with E-state index >= 15 is 0 Å². The van der Waals surface area contributed by atoms with Gasteiger partial charge >= 0.3 is 5.97 Å². The number of carbonyl (C=O) groups excluding carboxylic acids is 1. The zero-order chi connectivity index (χ0) is 13.7. The second-order valence-electron chi connectivity index (χ2n) is 6.38. The van der Waals surface area contributed by atoms with Crippen molar-refractivity contribution in [2.45, 2.75) is 33.1 Å². The van der Waals surface area contributed by atoms with Crippen molar-refractivity contribution in [3.05, 3.63) is 0 Å². The van der Waals surface area contributed by atoms with Gasteiger partial charge < -0.3 is 14.4 Å². The molecule has 0 radical (unpaired) electrons. The Morgan fingerprint density at radius 3 is 2.68 bits per heavy atom. The van der Waals surface area contributed by atoms with Crippen molar-refractivity contribution >= 4 is 5.97 Å². The predicted molar refractivity (Wildman–Crippen MR) is 73.0 cm³/mol. The minimum atomic E-state index is -0.0391. The summed E-state index contributed by atoms with van der Waals surface area (Å²) in [4.78, 5) is 13.1.